The zero-order valence-corrected chi connectivity index (χ0v) is 14.2. The molecule has 1 N–H and O–H groups in total. The van der Waals surface area contributed by atoms with Gasteiger partial charge in [-0.05, 0) is 24.6 Å². The van der Waals surface area contributed by atoms with Gasteiger partial charge >= 0.3 is 6.09 Å². The number of ether oxygens (including phenoxy) is 1. The monoisotopic (exact) mass is 349 g/mol. The molecule has 0 heterocycles. The minimum atomic E-state index is -1.39. The first-order valence-corrected chi connectivity index (χ1v) is 8.88. The second kappa shape index (κ2) is 9.17. The highest BCUT2D eigenvalue weighted by Crippen LogP contribution is 2.10. The third-order valence-corrected chi connectivity index (χ3v) is 4.86. The Morgan fingerprint density at radius 2 is 1.83 bits per heavy atom. The van der Waals surface area contributed by atoms with E-state index >= 15 is 0 Å². The van der Waals surface area contributed by atoms with E-state index in [9.17, 15) is 13.4 Å². The van der Waals surface area contributed by atoms with Crippen molar-refractivity contribution in [2.24, 2.45) is 0 Å². The third kappa shape index (κ3) is 5.77. The van der Waals surface area contributed by atoms with Crippen molar-refractivity contribution in [3.05, 3.63) is 65.7 Å². The van der Waals surface area contributed by atoms with E-state index < -0.39 is 29.6 Å². The Morgan fingerprint density at radius 1 is 1.17 bits per heavy atom. The summed E-state index contributed by atoms with van der Waals surface area (Å²) < 4.78 is 30.4. The SMILES string of the molecule is Cc1ccc(S(=O)C[C@@H](CF)NC(=O)OCc2ccccc2)cc1. The van der Waals surface area contributed by atoms with Crippen molar-refractivity contribution in [2.75, 3.05) is 12.4 Å². The Kier molecular flexibility index (Phi) is 6.93. The highest BCUT2D eigenvalue weighted by Gasteiger charge is 2.17. The maximum Gasteiger partial charge on any atom is 0.407 e. The van der Waals surface area contributed by atoms with Crippen molar-refractivity contribution in [1.29, 1.82) is 0 Å². The largest absolute Gasteiger partial charge is 0.445 e. The smallest absolute Gasteiger partial charge is 0.407 e. The van der Waals surface area contributed by atoms with E-state index in [4.69, 9.17) is 4.74 Å². The normalized spacial score (nSPS) is 13.1. The van der Waals surface area contributed by atoms with Crippen LogP contribution in [0, 0.1) is 6.92 Å². The molecular formula is C18H20FNO3S. The summed E-state index contributed by atoms with van der Waals surface area (Å²) in [6, 6.07) is 15.5. The molecule has 0 spiro atoms. The number of hydrogen-bond acceptors (Lipinski definition) is 3. The Morgan fingerprint density at radius 3 is 2.46 bits per heavy atom. The van der Waals surface area contributed by atoms with Crippen LogP contribution >= 0.6 is 0 Å². The lowest BCUT2D eigenvalue weighted by molar-refractivity contribution is 0.135. The van der Waals surface area contributed by atoms with Crippen molar-refractivity contribution in [1.82, 2.24) is 5.32 Å². The van der Waals surface area contributed by atoms with E-state index in [0.717, 1.165) is 11.1 Å². The first-order chi connectivity index (χ1) is 11.6. The fourth-order valence-electron chi connectivity index (χ4n) is 2.03. The van der Waals surface area contributed by atoms with Crippen LogP contribution in [0.25, 0.3) is 0 Å². The van der Waals surface area contributed by atoms with Crippen molar-refractivity contribution in [3.63, 3.8) is 0 Å². The molecule has 2 aromatic carbocycles. The molecule has 0 saturated carbocycles. The summed E-state index contributed by atoms with van der Waals surface area (Å²) in [6.07, 6.45) is -0.720. The van der Waals surface area contributed by atoms with E-state index in [1.54, 1.807) is 12.1 Å². The van der Waals surface area contributed by atoms with E-state index in [1.165, 1.54) is 0 Å². The standard InChI is InChI=1S/C18H20FNO3S/c1-14-7-9-17(10-8-14)24(22)13-16(11-19)20-18(21)23-12-15-5-3-2-4-6-15/h2-10,16H,11-13H2,1H3,(H,20,21)/t16-,24?/m1/s1. The topological polar surface area (TPSA) is 55.4 Å². The molecule has 1 unspecified atom stereocenters. The first-order valence-electron chi connectivity index (χ1n) is 7.56. The number of aryl methyl sites for hydroxylation is 1. The molecule has 24 heavy (non-hydrogen) atoms. The van der Waals surface area contributed by atoms with Gasteiger partial charge in [-0.2, -0.15) is 0 Å². The molecule has 6 heteroatoms. The number of carbonyl (C=O) groups is 1. The van der Waals surface area contributed by atoms with E-state index in [2.05, 4.69) is 5.32 Å². The second-order valence-electron chi connectivity index (χ2n) is 5.38. The van der Waals surface area contributed by atoms with E-state index in [0.29, 0.717) is 4.90 Å². The summed E-state index contributed by atoms with van der Waals surface area (Å²) in [4.78, 5) is 12.4. The predicted molar refractivity (Wildman–Crippen MR) is 92.0 cm³/mol. The van der Waals surface area contributed by atoms with Gasteiger partial charge in [-0.25, -0.2) is 9.18 Å². The van der Waals surface area contributed by atoms with Crippen molar-refractivity contribution in [3.8, 4) is 0 Å². The molecule has 0 radical (unpaired) electrons. The highest BCUT2D eigenvalue weighted by atomic mass is 32.2. The summed E-state index contributed by atoms with van der Waals surface area (Å²) >= 11 is 0. The minimum absolute atomic E-state index is 0.00000205. The van der Waals surface area contributed by atoms with Gasteiger partial charge in [0.05, 0.1) is 22.6 Å². The van der Waals surface area contributed by atoms with Gasteiger partial charge in [0.1, 0.15) is 13.3 Å². The van der Waals surface area contributed by atoms with Crippen molar-refractivity contribution in [2.45, 2.75) is 24.5 Å². The molecule has 0 fully saturated rings. The summed E-state index contributed by atoms with van der Waals surface area (Å²) in [6.45, 7) is 1.23. The van der Waals surface area contributed by atoms with Crippen LogP contribution < -0.4 is 5.32 Å². The average Bonchev–Trinajstić information content (AvgIpc) is 2.60. The number of alkyl halides is 1. The summed E-state index contributed by atoms with van der Waals surface area (Å²) in [5.74, 6) is -0.00000205. The number of nitrogens with one attached hydrogen (secondary N) is 1. The Balaban J connectivity index is 1.83. The van der Waals surface area contributed by atoms with Crippen LogP contribution in [0.1, 0.15) is 11.1 Å². The number of rotatable bonds is 7. The summed E-state index contributed by atoms with van der Waals surface area (Å²) in [7, 11) is -1.39. The zero-order chi connectivity index (χ0) is 17.4. The van der Waals surface area contributed by atoms with Gasteiger partial charge in [0.2, 0.25) is 0 Å². The van der Waals surface area contributed by atoms with Crippen LogP contribution in [0.3, 0.4) is 0 Å². The van der Waals surface area contributed by atoms with Gasteiger partial charge in [-0.15, -0.1) is 0 Å². The third-order valence-electron chi connectivity index (χ3n) is 3.36. The van der Waals surface area contributed by atoms with Crippen molar-refractivity contribution >= 4 is 16.9 Å². The molecule has 0 aromatic heterocycles. The fraction of sp³-hybridized carbons (Fsp3) is 0.278. The molecule has 0 aliphatic carbocycles. The van der Waals surface area contributed by atoms with Crippen LogP contribution in [-0.2, 0) is 22.1 Å². The Labute approximate surface area is 143 Å². The lowest BCUT2D eigenvalue weighted by Gasteiger charge is -2.15. The summed E-state index contributed by atoms with van der Waals surface area (Å²) in [5, 5.41) is 2.42. The molecule has 2 rings (SSSR count). The molecule has 4 nitrogen and oxygen atoms in total. The number of halogens is 1. The second-order valence-corrected chi connectivity index (χ2v) is 6.88. The lowest BCUT2D eigenvalue weighted by Crippen LogP contribution is -2.40. The van der Waals surface area contributed by atoms with Crippen LogP contribution in [0.4, 0.5) is 9.18 Å². The number of alkyl carbamates (subject to hydrolysis) is 1. The van der Waals surface area contributed by atoms with Crippen LogP contribution in [-0.4, -0.2) is 28.8 Å². The predicted octanol–water partition coefficient (Wildman–Crippen LogP) is 3.37. The van der Waals surface area contributed by atoms with Gasteiger partial charge in [0, 0.05) is 4.90 Å². The van der Waals surface area contributed by atoms with Crippen LogP contribution in [0.15, 0.2) is 59.5 Å². The van der Waals surface area contributed by atoms with Crippen LogP contribution in [0.2, 0.25) is 0 Å². The first kappa shape index (κ1) is 18.1. The Bertz CT molecular complexity index is 676. The molecule has 0 aliphatic heterocycles. The van der Waals surface area contributed by atoms with Crippen molar-refractivity contribution < 1.29 is 18.1 Å². The molecule has 2 atom stereocenters. The molecule has 2 aromatic rings. The fourth-order valence-corrected chi connectivity index (χ4v) is 3.20. The molecule has 0 aliphatic rings. The van der Waals surface area contributed by atoms with E-state index in [1.807, 2.05) is 49.4 Å². The zero-order valence-electron chi connectivity index (χ0n) is 13.4. The average molecular weight is 349 g/mol. The van der Waals surface area contributed by atoms with Gasteiger partial charge in [0.15, 0.2) is 0 Å². The van der Waals surface area contributed by atoms with Gasteiger partial charge in [-0.3, -0.25) is 4.21 Å². The number of benzene rings is 2. The Hall–Kier alpha value is -2.21. The molecule has 0 bridgehead atoms. The molecular weight excluding hydrogens is 329 g/mol. The van der Waals surface area contributed by atoms with Crippen LogP contribution in [0.5, 0.6) is 0 Å². The van der Waals surface area contributed by atoms with Gasteiger partial charge < -0.3 is 10.1 Å². The quantitative estimate of drug-likeness (QED) is 0.834. The molecule has 128 valence electrons. The highest BCUT2D eigenvalue weighted by molar-refractivity contribution is 7.85. The lowest BCUT2D eigenvalue weighted by atomic mass is 10.2. The van der Waals surface area contributed by atoms with Gasteiger partial charge in [-0.1, -0.05) is 48.0 Å². The van der Waals surface area contributed by atoms with E-state index in [-0.39, 0.29) is 12.4 Å². The molecule has 0 saturated heterocycles. The maximum absolute atomic E-state index is 13.1. The number of amides is 1. The minimum Gasteiger partial charge on any atom is -0.445 e. The number of hydrogen-bond donors (Lipinski definition) is 1. The number of carbonyl (C=O) groups excluding carboxylic acids is 1. The summed E-state index contributed by atoms with van der Waals surface area (Å²) in [5.41, 5.74) is 1.90. The maximum atomic E-state index is 13.1. The molecule has 1 amide bonds. The van der Waals surface area contributed by atoms with Gasteiger partial charge in [0.25, 0.3) is 0 Å².